The molecule has 1 fully saturated rings. The lowest BCUT2D eigenvalue weighted by atomic mass is 9.83. The molecule has 2 heterocycles. The first-order valence-corrected chi connectivity index (χ1v) is 11.9. The number of hydrazine groups is 1. The van der Waals surface area contributed by atoms with Gasteiger partial charge in [0.05, 0.1) is 5.39 Å². The summed E-state index contributed by atoms with van der Waals surface area (Å²) in [5.41, 5.74) is 1.62. The maximum Gasteiger partial charge on any atom is 0.344 e. The highest BCUT2D eigenvalue weighted by Gasteiger charge is 2.54. The Balaban J connectivity index is 1.56. The lowest BCUT2D eigenvalue weighted by Crippen LogP contribution is -2.49. The Kier molecular flexibility index (Phi) is 6.04. The van der Waals surface area contributed by atoms with Gasteiger partial charge in [-0.15, -0.1) is 0 Å². The third-order valence-electron chi connectivity index (χ3n) is 6.27. The van der Waals surface area contributed by atoms with Gasteiger partial charge in [0, 0.05) is 11.9 Å². The average molecular weight is 496 g/mol. The summed E-state index contributed by atoms with van der Waals surface area (Å²) in [5, 5.41) is 8.42. The van der Waals surface area contributed by atoms with E-state index in [2.05, 4.69) is 15.8 Å². The summed E-state index contributed by atoms with van der Waals surface area (Å²) in [6, 6.07) is 23.5. The molecule has 9 nitrogen and oxygen atoms in total. The number of amides is 4. The van der Waals surface area contributed by atoms with E-state index in [4.69, 9.17) is 0 Å². The fourth-order valence-corrected chi connectivity index (χ4v) is 4.59. The molecule has 9 heteroatoms. The standard InChI is InChI=1S/C28H25N5O4/c1-18(2)17-32-25(35)22-16-10-9-15-21(22)23(30-32)24(34)31-33-26(36)28(29-27(33)37,19-11-5-3-6-12-19)20-13-7-4-8-14-20/h3-16,18H,17H2,1-2H3,(H,29,37)(H,31,34). The second-order valence-electron chi connectivity index (χ2n) is 9.27. The van der Waals surface area contributed by atoms with E-state index in [0.29, 0.717) is 33.5 Å². The molecule has 1 saturated heterocycles. The number of benzene rings is 3. The van der Waals surface area contributed by atoms with E-state index < -0.39 is 23.4 Å². The summed E-state index contributed by atoms with van der Waals surface area (Å²) in [7, 11) is 0. The van der Waals surface area contributed by atoms with Gasteiger partial charge >= 0.3 is 6.03 Å². The van der Waals surface area contributed by atoms with E-state index in [1.54, 1.807) is 72.8 Å². The molecule has 37 heavy (non-hydrogen) atoms. The predicted molar refractivity (Wildman–Crippen MR) is 137 cm³/mol. The number of nitrogens with one attached hydrogen (secondary N) is 2. The van der Waals surface area contributed by atoms with Gasteiger partial charge in [-0.1, -0.05) is 92.7 Å². The predicted octanol–water partition coefficient (Wildman–Crippen LogP) is 3.19. The Labute approximate surface area is 212 Å². The monoisotopic (exact) mass is 495 g/mol. The Bertz CT molecular complexity index is 1520. The van der Waals surface area contributed by atoms with Crippen molar-refractivity contribution in [3.8, 4) is 0 Å². The number of nitrogens with zero attached hydrogens (tertiary/aromatic N) is 3. The van der Waals surface area contributed by atoms with E-state index in [9.17, 15) is 19.2 Å². The molecule has 0 spiro atoms. The minimum atomic E-state index is -1.53. The molecule has 4 amide bonds. The molecule has 0 radical (unpaired) electrons. The van der Waals surface area contributed by atoms with Crippen molar-refractivity contribution < 1.29 is 14.4 Å². The first kappa shape index (κ1) is 23.9. The van der Waals surface area contributed by atoms with Crippen LogP contribution in [0.5, 0.6) is 0 Å². The molecule has 0 aliphatic carbocycles. The Morgan fingerprint density at radius 1 is 0.865 bits per heavy atom. The van der Waals surface area contributed by atoms with Gasteiger partial charge in [0.15, 0.2) is 11.2 Å². The normalized spacial score (nSPS) is 14.7. The number of fused-ring (bicyclic) bond motifs is 1. The molecular weight excluding hydrogens is 470 g/mol. The van der Waals surface area contributed by atoms with E-state index in [0.717, 1.165) is 0 Å². The third kappa shape index (κ3) is 4.04. The summed E-state index contributed by atoms with van der Waals surface area (Å²) in [6.45, 7) is 4.17. The fourth-order valence-electron chi connectivity index (χ4n) is 4.59. The molecule has 186 valence electrons. The summed E-state index contributed by atoms with van der Waals surface area (Å²) in [4.78, 5) is 53.4. The quantitative estimate of drug-likeness (QED) is 0.399. The minimum Gasteiger partial charge on any atom is -0.314 e. The van der Waals surface area contributed by atoms with E-state index >= 15 is 0 Å². The fraction of sp³-hybridized carbons (Fsp3) is 0.179. The van der Waals surface area contributed by atoms with Gasteiger partial charge in [-0.25, -0.2) is 9.48 Å². The van der Waals surface area contributed by atoms with Gasteiger partial charge < -0.3 is 5.32 Å². The van der Waals surface area contributed by atoms with E-state index in [-0.39, 0.29) is 17.2 Å². The van der Waals surface area contributed by atoms with Gasteiger partial charge in [0.2, 0.25) is 0 Å². The number of aromatic nitrogens is 2. The lowest BCUT2D eigenvalue weighted by Gasteiger charge is -2.27. The third-order valence-corrected chi connectivity index (χ3v) is 6.27. The van der Waals surface area contributed by atoms with Crippen molar-refractivity contribution in [1.29, 1.82) is 0 Å². The van der Waals surface area contributed by atoms with Crippen molar-refractivity contribution >= 4 is 28.6 Å². The highest BCUT2D eigenvalue weighted by Crippen LogP contribution is 2.35. The van der Waals surface area contributed by atoms with Gasteiger partial charge in [0.1, 0.15) is 0 Å². The molecule has 0 atom stereocenters. The number of hydrogen-bond acceptors (Lipinski definition) is 5. The molecule has 3 aromatic carbocycles. The number of rotatable bonds is 6. The van der Waals surface area contributed by atoms with Gasteiger partial charge in [0.25, 0.3) is 17.4 Å². The largest absolute Gasteiger partial charge is 0.344 e. The Morgan fingerprint density at radius 2 is 1.41 bits per heavy atom. The average Bonchev–Trinajstić information content (AvgIpc) is 3.16. The zero-order valence-corrected chi connectivity index (χ0v) is 20.3. The molecule has 0 unspecified atom stereocenters. The number of imide groups is 1. The van der Waals surface area contributed by atoms with Crippen molar-refractivity contribution in [2.24, 2.45) is 5.92 Å². The molecule has 1 aliphatic heterocycles. The molecular formula is C28H25N5O4. The lowest BCUT2D eigenvalue weighted by molar-refractivity contribution is -0.131. The number of hydrogen-bond donors (Lipinski definition) is 2. The minimum absolute atomic E-state index is 0.0617. The van der Waals surface area contributed by atoms with Crippen LogP contribution in [0.25, 0.3) is 10.8 Å². The highest BCUT2D eigenvalue weighted by atomic mass is 16.2. The van der Waals surface area contributed by atoms with Crippen LogP contribution in [0.2, 0.25) is 0 Å². The summed E-state index contributed by atoms with van der Waals surface area (Å²) in [6.07, 6.45) is 0. The van der Waals surface area contributed by atoms with E-state index in [1.807, 2.05) is 26.0 Å². The van der Waals surface area contributed by atoms with Crippen LogP contribution in [0.15, 0.2) is 89.7 Å². The maximum atomic E-state index is 13.9. The molecule has 0 bridgehead atoms. The first-order valence-electron chi connectivity index (χ1n) is 11.9. The SMILES string of the molecule is CC(C)Cn1nc(C(=O)NN2C(=O)NC(c3ccccc3)(c3ccccc3)C2=O)c2ccccc2c1=O. The smallest absolute Gasteiger partial charge is 0.314 e. The highest BCUT2D eigenvalue weighted by molar-refractivity contribution is 6.12. The van der Waals surface area contributed by atoms with Crippen molar-refractivity contribution in [3.63, 3.8) is 0 Å². The molecule has 4 aromatic rings. The second kappa shape index (κ2) is 9.34. The number of carbonyl (C=O) groups excluding carboxylic acids is 3. The Morgan fingerprint density at radius 3 is 1.97 bits per heavy atom. The first-order chi connectivity index (χ1) is 17.8. The molecule has 0 saturated carbocycles. The zero-order chi connectivity index (χ0) is 26.2. The Hall–Kier alpha value is -4.79. The van der Waals surface area contributed by atoms with Crippen LogP contribution < -0.4 is 16.3 Å². The van der Waals surface area contributed by atoms with Crippen LogP contribution in [0.3, 0.4) is 0 Å². The van der Waals surface area contributed by atoms with Crippen molar-refractivity contribution in [1.82, 2.24) is 25.5 Å². The van der Waals surface area contributed by atoms with Crippen molar-refractivity contribution in [2.75, 3.05) is 0 Å². The van der Waals surface area contributed by atoms with Crippen LogP contribution in [-0.2, 0) is 16.9 Å². The second-order valence-corrected chi connectivity index (χ2v) is 9.27. The van der Waals surface area contributed by atoms with Gasteiger partial charge in [-0.05, 0) is 23.1 Å². The van der Waals surface area contributed by atoms with Gasteiger partial charge in [-0.3, -0.25) is 19.8 Å². The molecule has 5 rings (SSSR count). The summed E-state index contributed by atoms with van der Waals surface area (Å²) in [5.74, 6) is -1.34. The van der Waals surface area contributed by atoms with Crippen LogP contribution in [0.1, 0.15) is 35.5 Å². The molecule has 1 aromatic heterocycles. The number of urea groups is 1. The van der Waals surface area contributed by atoms with Crippen LogP contribution >= 0.6 is 0 Å². The van der Waals surface area contributed by atoms with E-state index in [1.165, 1.54) is 4.68 Å². The van der Waals surface area contributed by atoms with Crippen molar-refractivity contribution in [3.05, 3.63) is 112 Å². The summed E-state index contributed by atoms with van der Waals surface area (Å²) >= 11 is 0. The van der Waals surface area contributed by atoms with Gasteiger partial charge in [-0.2, -0.15) is 10.1 Å². The van der Waals surface area contributed by atoms with Crippen LogP contribution in [-0.4, -0.2) is 32.6 Å². The maximum absolute atomic E-state index is 13.9. The number of carbonyl (C=O) groups is 3. The zero-order valence-electron chi connectivity index (χ0n) is 20.3. The van der Waals surface area contributed by atoms with Crippen LogP contribution in [0, 0.1) is 5.92 Å². The topological polar surface area (TPSA) is 113 Å². The molecule has 1 aliphatic rings. The van der Waals surface area contributed by atoms with Crippen LogP contribution in [0.4, 0.5) is 4.79 Å². The summed E-state index contributed by atoms with van der Waals surface area (Å²) < 4.78 is 1.24. The van der Waals surface area contributed by atoms with Crippen molar-refractivity contribution in [2.45, 2.75) is 25.9 Å². The molecule has 2 N–H and O–H groups in total.